The van der Waals surface area contributed by atoms with E-state index in [1.807, 2.05) is 35.2 Å². The summed E-state index contributed by atoms with van der Waals surface area (Å²) in [4.78, 5) is 13.7. The molecule has 0 spiro atoms. The van der Waals surface area contributed by atoms with Crippen molar-refractivity contribution in [3.8, 4) is 16.9 Å². The summed E-state index contributed by atoms with van der Waals surface area (Å²) >= 11 is 0. The molecule has 5 rings (SSSR count). The molecule has 0 saturated heterocycles. The van der Waals surface area contributed by atoms with Gasteiger partial charge in [0.25, 0.3) is 0 Å². The molecule has 0 aliphatic carbocycles. The van der Waals surface area contributed by atoms with Crippen molar-refractivity contribution in [1.29, 1.82) is 0 Å². The average molecular weight is 406 g/mol. The van der Waals surface area contributed by atoms with Crippen LogP contribution in [0.4, 0.5) is 5.95 Å². The fraction of sp³-hybridized carbons (Fsp3) is 0.115. The molecule has 2 aromatic heterocycles. The first-order valence-corrected chi connectivity index (χ1v) is 10.4. The molecule has 0 aliphatic rings. The summed E-state index contributed by atoms with van der Waals surface area (Å²) in [5.41, 5.74) is 6.72. The molecule has 5 nitrogen and oxygen atoms in total. The Hall–Kier alpha value is -3.99. The van der Waals surface area contributed by atoms with Gasteiger partial charge >= 0.3 is 0 Å². The van der Waals surface area contributed by atoms with Gasteiger partial charge in [-0.15, -0.1) is 0 Å². The van der Waals surface area contributed by atoms with Gasteiger partial charge in [-0.2, -0.15) is 4.98 Å². The highest BCUT2D eigenvalue weighted by atomic mass is 15.2. The molecule has 0 fully saturated rings. The number of aromatic nitrogens is 4. The number of hydrogen-bond acceptors (Lipinski definition) is 4. The van der Waals surface area contributed by atoms with E-state index >= 15 is 0 Å². The minimum Gasteiger partial charge on any atom is -0.348 e. The van der Waals surface area contributed by atoms with Crippen LogP contribution in [-0.2, 0) is 0 Å². The summed E-state index contributed by atoms with van der Waals surface area (Å²) < 4.78 is 1.99. The number of benzene rings is 3. The zero-order valence-corrected chi connectivity index (χ0v) is 17.5. The molecule has 0 aliphatic heterocycles. The third kappa shape index (κ3) is 3.90. The van der Waals surface area contributed by atoms with Crippen LogP contribution in [0, 0.1) is 6.92 Å². The van der Waals surface area contributed by atoms with Crippen LogP contribution in [0.25, 0.3) is 28.0 Å². The largest absolute Gasteiger partial charge is 0.348 e. The standard InChI is InChI=1S/C26H23N5/c1-18-8-10-21(11-9-18)22-12-13-24-23(16-22)28-17-31(24)25-14-15-27-26(30-25)29-19(2)20-6-4-3-5-7-20/h3-17,19H,1-2H3,(H,27,29,30). The molecule has 1 atom stereocenters. The second-order valence-corrected chi connectivity index (χ2v) is 7.70. The number of fused-ring (bicyclic) bond motifs is 1. The molecule has 0 saturated carbocycles. The highest BCUT2D eigenvalue weighted by Crippen LogP contribution is 2.26. The Labute approximate surface area is 181 Å². The minimum absolute atomic E-state index is 0.105. The summed E-state index contributed by atoms with van der Waals surface area (Å²) in [6, 6.07) is 27.2. The zero-order valence-electron chi connectivity index (χ0n) is 17.5. The summed E-state index contributed by atoms with van der Waals surface area (Å²) in [6.45, 7) is 4.20. The number of anilines is 1. The third-order valence-corrected chi connectivity index (χ3v) is 5.47. The summed E-state index contributed by atoms with van der Waals surface area (Å²) in [5, 5.41) is 3.39. The van der Waals surface area contributed by atoms with E-state index < -0.39 is 0 Å². The van der Waals surface area contributed by atoms with Gasteiger partial charge in [0.05, 0.1) is 17.1 Å². The van der Waals surface area contributed by atoms with Crippen molar-refractivity contribution in [2.24, 2.45) is 0 Å². The van der Waals surface area contributed by atoms with Crippen molar-refractivity contribution in [3.63, 3.8) is 0 Å². The van der Waals surface area contributed by atoms with Gasteiger partial charge in [0, 0.05) is 6.20 Å². The molecule has 31 heavy (non-hydrogen) atoms. The third-order valence-electron chi connectivity index (χ3n) is 5.47. The highest BCUT2D eigenvalue weighted by Gasteiger charge is 2.11. The van der Waals surface area contributed by atoms with E-state index in [-0.39, 0.29) is 6.04 Å². The van der Waals surface area contributed by atoms with Crippen molar-refractivity contribution >= 4 is 17.0 Å². The Balaban J connectivity index is 1.44. The van der Waals surface area contributed by atoms with Gasteiger partial charge in [0.2, 0.25) is 5.95 Å². The maximum absolute atomic E-state index is 4.72. The van der Waals surface area contributed by atoms with Gasteiger partial charge in [0.15, 0.2) is 0 Å². The zero-order chi connectivity index (χ0) is 21.2. The average Bonchev–Trinajstić information content (AvgIpc) is 3.24. The van der Waals surface area contributed by atoms with E-state index in [0.29, 0.717) is 5.95 Å². The Morgan fingerprint density at radius 1 is 0.839 bits per heavy atom. The first-order chi connectivity index (χ1) is 15.2. The highest BCUT2D eigenvalue weighted by molar-refractivity contribution is 5.83. The van der Waals surface area contributed by atoms with Crippen molar-refractivity contribution in [3.05, 3.63) is 103 Å². The molecule has 0 amide bonds. The van der Waals surface area contributed by atoms with Crippen LogP contribution in [0.2, 0.25) is 0 Å². The van der Waals surface area contributed by atoms with Crippen LogP contribution >= 0.6 is 0 Å². The smallest absolute Gasteiger partial charge is 0.225 e. The Morgan fingerprint density at radius 2 is 1.61 bits per heavy atom. The predicted molar refractivity (Wildman–Crippen MR) is 125 cm³/mol. The molecule has 0 bridgehead atoms. The summed E-state index contributed by atoms with van der Waals surface area (Å²) in [5.74, 6) is 1.37. The lowest BCUT2D eigenvalue weighted by molar-refractivity contribution is 0.854. The minimum atomic E-state index is 0.105. The second-order valence-electron chi connectivity index (χ2n) is 7.70. The van der Waals surface area contributed by atoms with E-state index in [1.165, 1.54) is 16.7 Å². The fourth-order valence-electron chi connectivity index (χ4n) is 3.69. The van der Waals surface area contributed by atoms with Crippen LogP contribution in [-0.4, -0.2) is 19.5 Å². The SMILES string of the molecule is Cc1ccc(-c2ccc3c(c2)ncn3-c2ccnc(NC(C)c3ccccc3)n2)cc1. The van der Waals surface area contributed by atoms with Gasteiger partial charge in [-0.1, -0.05) is 66.2 Å². The topological polar surface area (TPSA) is 55.6 Å². The number of hydrogen-bond donors (Lipinski definition) is 1. The molecule has 5 heteroatoms. The van der Waals surface area contributed by atoms with Crippen LogP contribution in [0.1, 0.15) is 24.1 Å². The normalized spacial score (nSPS) is 12.1. The summed E-state index contributed by atoms with van der Waals surface area (Å²) in [7, 11) is 0. The second kappa shape index (κ2) is 8.03. The Morgan fingerprint density at radius 3 is 2.42 bits per heavy atom. The van der Waals surface area contributed by atoms with Crippen molar-refractivity contribution in [2.75, 3.05) is 5.32 Å². The molecule has 5 aromatic rings. The first-order valence-electron chi connectivity index (χ1n) is 10.4. The number of rotatable bonds is 5. The Kier molecular flexibility index (Phi) is 4.92. The number of aryl methyl sites for hydroxylation is 1. The van der Waals surface area contributed by atoms with Gasteiger partial charge in [-0.25, -0.2) is 9.97 Å². The van der Waals surface area contributed by atoms with Crippen molar-refractivity contribution < 1.29 is 0 Å². The van der Waals surface area contributed by atoms with Crippen molar-refractivity contribution in [1.82, 2.24) is 19.5 Å². The number of nitrogens with zero attached hydrogens (tertiary/aromatic N) is 4. The maximum atomic E-state index is 4.72. The van der Waals surface area contributed by atoms with Crippen LogP contribution < -0.4 is 5.32 Å². The molecule has 3 aromatic carbocycles. The van der Waals surface area contributed by atoms with Crippen LogP contribution in [0.5, 0.6) is 0 Å². The van der Waals surface area contributed by atoms with E-state index in [4.69, 9.17) is 4.98 Å². The lowest BCUT2D eigenvalue weighted by Gasteiger charge is -2.14. The lowest BCUT2D eigenvalue weighted by atomic mass is 10.0. The van der Waals surface area contributed by atoms with E-state index in [2.05, 4.69) is 83.7 Å². The van der Waals surface area contributed by atoms with Gasteiger partial charge in [0.1, 0.15) is 12.1 Å². The molecule has 0 radical (unpaired) electrons. The fourth-order valence-corrected chi connectivity index (χ4v) is 3.69. The van der Waals surface area contributed by atoms with Crippen molar-refractivity contribution in [2.45, 2.75) is 19.9 Å². The first kappa shape index (κ1) is 19.0. The van der Waals surface area contributed by atoms with Gasteiger partial charge in [-0.05, 0) is 48.7 Å². The molecule has 2 heterocycles. The maximum Gasteiger partial charge on any atom is 0.225 e. The van der Waals surface area contributed by atoms with Gasteiger partial charge < -0.3 is 5.32 Å². The quantitative estimate of drug-likeness (QED) is 0.392. The van der Waals surface area contributed by atoms with E-state index in [1.54, 1.807) is 6.20 Å². The van der Waals surface area contributed by atoms with E-state index in [9.17, 15) is 0 Å². The molecule has 1 N–H and O–H groups in total. The monoisotopic (exact) mass is 405 g/mol. The van der Waals surface area contributed by atoms with E-state index in [0.717, 1.165) is 22.4 Å². The van der Waals surface area contributed by atoms with Gasteiger partial charge in [-0.3, -0.25) is 4.57 Å². The van der Waals surface area contributed by atoms with Crippen LogP contribution in [0.15, 0.2) is 91.4 Å². The van der Waals surface area contributed by atoms with Crippen LogP contribution in [0.3, 0.4) is 0 Å². The predicted octanol–water partition coefficient (Wildman–Crippen LogP) is 5.96. The number of imidazole rings is 1. The summed E-state index contributed by atoms with van der Waals surface area (Å²) in [6.07, 6.45) is 3.59. The number of nitrogens with one attached hydrogen (secondary N) is 1. The molecule has 1 unspecified atom stereocenters. The molecular formula is C26H23N5. The lowest BCUT2D eigenvalue weighted by Crippen LogP contribution is -2.10. The molecular weight excluding hydrogens is 382 g/mol. The molecule has 152 valence electrons. The Bertz CT molecular complexity index is 1320.